The van der Waals surface area contributed by atoms with Gasteiger partial charge in [-0.2, -0.15) is 5.10 Å². The third-order valence-electron chi connectivity index (χ3n) is 6.08. The molecular weight excluding hydrogens is 350 g/mol. The highest BCUT2D eigenvalue weighted by molar-refractivity contribution is 5.93. The van der Waals surface area contributed by atoms with E-state index in [-0.39, 0.29) is 11.9 Å². The molecule has 1 aromatic carbocycles. The smallest absolute Gasteiger partial charge is 0.254 e. The fourth-order valence-corrected chi connectivity index (χ4v) is 4.42. The number of rotatable bonds is 5. The van der Waals surface area contributed by atoms with Crippen LogP contribution in [0.1, 0.15) is 41.6 Å². The molecule has 4 rings (SSSR count). The van der Waals surface area contributed by atoms with Crippen molar-refractivity contribution in [3.05, 3.63) is 53.9 Å². The lowest BCUT2D eigenvalue weighted by molar-refractivity contribution is 0.0766. The first-order valence-corrected chi connectivity index (χ1v) is 10.5. The van der Waals surface area contributed by atoms with E-state index in [4.69, 9.17) is 0 Å². The number of amides is 1. The summed E-state index contributed by atoms with van der Waals surface area (Å²) < 4.78 is 1.83. The van der Waals surface area contributed by atoms with E-state index in [1.54, 1.807) is 6.20 Å². The maximum absolute atomic E-state index is 12.7. The zero-order chi connectivity index (χ0) is 19.3. The minimum Gasteiger partial charge on any atom is -0.348 e. The average Bonchev–Trinajstić information content (AvgIpc) is 3.18. The van der Waals surface area contributed by atoms with Gasteiger partial charge in [0.25, 0.3) is 5.91 Å². The van der Waals surface area contributed by atoms with Gasteiger partial charge in [-0.25, -0.2) is 0 Å². The number of benzene rings is 1. The summed E-state index contributed by atoms with van der Waals surface area (Å²) in [6.07, 6.45) is 8.22. The van der Waals surface area contributed by atoms with Crippen LogP contribution >= 0.6 is 0 Å². The van der Waals surface area contributed by atoms with Crippen LogP contribution in [0.5, 0.6) is 0 Å². The Hall–Kier alpha value is -2.18. The first kappa shape index (κ1) is 19.2. The van der Waals surface area contributed by atoms with E-state index < -0.39 is 0 Å². The maximum atomic E-state index is 12.7. The Kier molecular flexibility index (Phi) is 6.07. The number of hydrogen-bond acceptors (Lipinski definition) is 4. The van der Waals surface area contributed by atoms with Crippen LogP contribution in [0.15, 0.2) is 42.7 Å². The molecule has 3 heterocycles. The van der Waals surface area contributed by atoms with Gasteiger partial charge in [0.05, 0.1) is 18.3 Å². The highest BCUT2D eigenvalue weighted by atomic mass is 16.1. The van der Waals surface area contributed by atoms with Gasteiger partial charge in [-0.05, 0) is 57.9 Å². The van der Waals surface area contributed by atoms with Gasteiger partial charge in [-0.15, -0.1) is 0 Å². The summed E-state index contributed by atoms with van der Waals surface area (Å²) in [6.45, 7) is 5.17. The number of nitrogens with zero attached hydrogens (tertiary/aromatic N) is 4. The maximum Gasteiger partial charge on any atom is 0.254 e. The number of hydrogen-bond donors (Lipinski definition) is 1. The number of piperidine rings is 2. The number of carbonyl (C=O) groups excluding carboxylic acids is 1. The van der Waals surface area contributed by atoms with Gasteiger partial charge in [0.1, 0.15) is 0 Å². The van der Waals surface area contributed by atoms with E-state index in [2.05, 4.69) is 39.4 Å². The Morgan fingerprint density at radius 1 is 1.14 bits per heavy atom. The van der Waals surface area contributed by atoms with Crippen molar-refractivity contribution in [2.24, 2.45) is 0 Å². The zero-order valence-electron chi connectivity index (χ0n) is 16.8. The van der Waals surface area contributed by atoms with Crippen LogP contribution in [0.25, 0.3) is 0 Å². The number of aromatic nitrogens is 2. The molecule has 1 atom stereocenters. The van der Waals surface area contributed by atoms with Gasteiger partial charge >= 0.3 is 0 Å². The molecule has 0 spiro atoms. The largest absolute Gasteiger partial charge is 0.348 e. The van der Waals surface area contributed by atoms with Crippen LogP contribution < -0.4 is 5.32 Å². The van der Waals surface area contributed by atoms with Crippen molar-refractivity contribution in [3.63, 3.8) is 0 Å². The van der Waals surface area contributed by atoms with Crippen molar-refractivity contribution < 1.29 is 4.79 Å². The highest BCUT2D eigenvalue weighted by Gasteiger charge is 2.29. The van der Waals surface area contributed by atoms with Crippen LogP contribution in [0.2, 0.25) is 0 Å². The molecule has 2 aliphatic heterocycles. The van der Waals surface area contributed by atoms with Crippen LogP contribution in [-0.2, 0) is 6.54 Å². The standard InChI is InChI=1S/C22H31N5O/c1-25-12-9-21(10-13-25)26-11-5-8-20(17-26)24-22(28)19-14-23-27(16-19)15-18-6-3-2-4-7-18/h2-4,6-7,14,16,20-21H,5,8-13,15,17H2,1H3,(H,24,28)/t20-/m0/s1. The topological polar surface area (TPSA) is 53.4 Å². The summed E-state index contributed by atoms with van der Waals surface area (Å²) in [5, 5.41) is 7.61. The quantitative estimate of drug-likeness (QED) is 0.863. The van der Waals surface area contributed by atoms with Crippen LogP contribution in [0, 0.1) is 0 Å². The van der Waals surface area contributed by atoms with Gasteiger partial charge in [0.15, 0.2) is 0 Å². The minimum atomic E-state index is -0.00506. The van der Waals surface area contributed by atoms with E-state index in [9.17, 15) is 4.79 Å². The van der Waals surface area contributed by atoms with Crippen molar-refractivity contribution in [2.45, 2.75) is 44.3 Å². The normalized spacial score (nSPS) is 22.2. The minimum absolute atomic E-state index is 0.00506. The summed E-state index contributed by atoms with van der Waals surface area (Å²) in [5.41, 5.74) is 1.82. The number of nitrogens with one attached hydrogen (secondary N) is 1. The molecule has 0 saturated carbocycles. The fraction of sp³-hybridized carbons (Fsp3) is 0.545. The Morgan fingerprint density at radius 3 is 2.71 bits per heavy atom. The van der Waals surface area contributed by atoms with Crippen LogP contribution in [-0.4, -0.2) is 70.8 Å². The first-order valence-electron chi connectivity index (χ1n) is 10.5. The monoisotopic (exact) mass is 381 g/mol. The zero-order valence-corrected chi connectivity index (χ0v) is 16.8. The Bertz CT molecular complexity index is 766. The van der Waals surface area contributed by atoms with Crippen LogP contribution in [0.3, 0.4) is 0 Å². The molecule has 1 N–H and O–H groups in total. The summed E-state index contributed by atoms with van der Waals surface area (Å²) in [5.74, 6) is -0.00506. The highest BCUT2D eigenvalue weighted by Crippen LogP contribution is 2.20. The lowest BCUT2D eigenvalue weighted by Crippen LogP contribution is -2.53. The van der Waals surface area contributed by atoms with Gasteiger partial charge in [0, 0.05) is 24.8 Å². The summed E-state index contributed by atoms with van der Waals surface area (Å²) >= 11 is 0. The van der Waals surface area contributed by atoms with E-state index in [0.717, 1.165) is 25.9 Å². The number of likely N-dealkylation sites (tertiary alicyclic amines) is 2. The predicted octanol–water partition coefficient (Wildman–Crippen LogP) is 2.22. The second-order valence-corrected chi connectivity index (χ2v) is 8.25. The molecule has 2 aromatic rings. The lowest BCUT2D eigenvalue weighted by Gasteiger charge is -2.41. The van der Waals surface area contributed by atoms with Gasteiger partial charge in [-0.3, -0.25) is 14.4 Å². The first-order chi connectivity index (χ1) is 13.7. The predicted molar refractivity (Wildman–Crippen MR) is 110 cm³/mol. The molecule has 0 radical (unpaired) electrons. The molecule has 2 aliphatic rings. The van der Waals surface area contributed by atoms with Gasteiger partial charge in [-0.1, -0.05) is 30.3 Å². The lowest BCUT2D eigenvalue weighted by atomic mass is 9.98. The van der Waals surface area contributed by atoms with Gasteiger partial charge < -0.3 is 10.2 Å². The Labute approximate surface area is 167 Å². The fourth-order valence-electron chi connectivity index (χ4n) is 4.42. The van der Waals surface area contributed by atoms with E-state index in [1.165, 1.54) is 31.5 Å². The molecule has 1 amide bonds. The van der Waals surface area contributed by atoms with E-state index in [1.807, 2.05) is 29.1 Å². The summed E-state index contributed by atoms with van der Waals surface area (Å²) in [4.78, 5) is 17.7. The molecule has 2 fully saturated rings. The Balaban J connectivity index is 1.31. The molecule has 1 aromatic heterocycles. The SMILES string of the molecule is CN1CCC(N2CCC[C@H](NC(=O)c3cnn(Cc4ccccc4)c3)C2)CC1. The average molecular weight is 382 g/mol. The molecular formula is C22H31N5O. The molecule has 0 bridgehead atoms. The third-order valence-corrected chi connectivity index (χ3v) is 6.08. The van der Waals surface area contributed by atoms with Crippen molar-refractivity contribution in [1.29, 1.82) is 0 Å². The molecule has 6 nitrogen and oxygen atoms in total. The van der Waals surface area contributed by atoms with Crippen molar-refractivity contribution in [2.75, 3.05) is 33.2 Å². The molecule has 0 unspecified atom stereocenters. The third kappa shape index (κ3) is 4.80. The molecule has 0 aliphatic carbocycles. The number of carbonyl (C=O) groups is 1. The summed E-state index contributed by atoms with van der Waals surface area (Å²) in [7, 11) is 2.20. The molecule has 28 heavy (non-hydrogen) atoms. The Morgan fingerprint density at radius 2 is 1.93 bits per heavy atom. The van der Waals surface area contributed by atoms with Crippen molar-refractivity contribution >= 4 is 5.91 Å². The van der Waals surface area contributed by atoms with E-state index >= 15 is 0 Å². The van der Waals surface area contributed by atoms with Gasteiger partial charge in [0.2, 0.25) is 0 Å². The second kappa shape index (κ2) is 8.88. The summed E-state index contributed by atoms with van der Waals surface area (Å²) in [6, 6.07) is 11.1. The van der Waals surface area contributed by atoms with Crippen LogP contribution in [0.4, 0.5) is 0 Å². The van der Waals surface area contributed by atoms with Crippen molar-refractivity contribution in [3.8, 4) is 0 Å². The van der Waals surface area contributed by atoms with E-state index in [0.29, 0.717) is 18.2 Å². The second-order valence-electron chi connectivity index (χ2n) is 8.25. The molecule has 2 saturated heterocycles. The molecule has 150 valence electrons. The van der Waals surface area contributed by atoms with Crippen molar-refractivity contribution in [1.82, 2.24) is 24.9 Å². The molecule has 6 heteroatoms.